The van der Waals surface area contributed by atoms with Gasteiger partial charge in [0.1, 0.15) is 0 Å². The molecule has 0 aliphatic heterocycles. The molecule has 0 radical (unpaired) electrons. The van der Waals surface area contributed by atoms with Gasteiger partial charge >= 0.3 is 0 Å². The Kier molecular flexibility index (Phi) is 8.25. The predicted molar refractivity (Wildman–Crippen MR) is 226 cm³/mol. The summed E-state index contributed by atoms with van der Waals surface area (Å²) >= 11 is 0. The van der Waals surface area contributed by atoms with Gasteiger partial charge in [0.25, 0.3) is 0 Å². The summed E-state index contributed by atoms with van der Waals surface area (Å²) in [6.07, 6.45) is 22.0. The summed E-state index contributed by atoms with van der Waals surface area (Å²) in [5.74, 6) is 3.95. The van der Waals surface area contributed by atoms with Gasteiger partial charge in [0.05, 0.1) is 0 Å². The van der Waals surface area contributed by atoms with Gasteiger partial charge in [-0.2, -0.15) is 0 Å². The zero-order valence-corrected chi connectivity index (χ0v) is 31.3. The van der Waals surface area contributed by atoms with Crippen molar-refractivity contribution in [3.05, 3.63) is 210 Å². The van der Waals surface area contributed by atoms with E-state index in [1.807, 2.05) is 36.4 Å². The zero-order chi connectivity index (χ0) is 36.9. The Morgan fingerprint density at radius 3 is 1.82 bits per heavy atom. The van der Waals surface area contributed by atoms with Crippen LogP contribution in [0.3, 0.4) is 0 Å². The first-order valence-electron chi connectivity index (χ1n) is 19.6. The molecule has 4 aliphatic carbocycles. The maximum absolute atomic E-state index is 5.02. The summed E-state index contributed by atoms with van der Waals surface area (Å²) in [6, 6.07) is 45.9. The second-order valence-corrected chi connectivity index (χ2v) is 15.9. The van der Waals surface area contributed by atoms with Crippen molar-refractivity contribution in [1.29, 1.82) is 0 Å². The van der Waals surface area contributed by atoms with Crippen LogP contribution in [0.15, 0.2) is 188 Å². The smallest absolute Gasteiger partial charge is 0.164 e. The molecule has 6 aromatic rings. The van der Waals surface area contributed by atoms with E-state index in [1.54, 1.807) is 5.57 Å². The Bertz CT molecular complexity index is 2500. The van der Waals surface area contributed by atoms with E-state index >= 15 is 0 Å². The third kappa shape index (κ3) is 5.95. The van der Waals surface area contributed by atoms with Crippen LogP contribution in [0.5, 0.6) is 0 Å². The van der Waals surface area contributed by atoms with E-state index in [-0.39, 0.29) is 5.41 Å². The van der Waals surface area contributed by atoms with Crippen LogP contribution in [-0.2, 0) is 5.41 Å². The molecular weight excluding hydrogens is 667 g/mol. The van der Waals surface area contributed by atoms with Crippen LogP contribution < -0.4 is 0 Å². The average Bonchev–Trinajstić information content (AvgIpc) is 3.48. The second kappa shape index (κ2) is 13.6. The van der Waals surface area contributed by atoms with Crippen molar-refractivity contribution in [2.24, 2.45) is 11.8 Å². The first-order chi connectivity index (χ1) is 27.0. The Morgan fingerprint density at radius 1 is 0.527 bits per heavy atom. The highest BCUT2D eigenvalue weighted by molar-refractivity contribution is 5.75. The molecule has 10 rings (SSSR count). The minimum absolute atomic E-state index is 0.103. The SMILES string of the molecule is CC1(C)C2=CC3C=CC=CC3C(c3ccc(C4C=CC=CC4)cc3)C2c2ccc(-c3cccc(-c4nc(-c5ccccc5)nc(-c5ccccc5)n4)c3)cc21. The fourth-order valence-corrected chi connectivity index (χ4v) is 9.54. The zero-order valence-electron chi connectivity index (χ0n) is 31.3. The van der Waals surface area contributed by atoms with Gasteiger partial charge in [0, 0.05) is 45.8 Å². The van der Waals surface area contributed by atoms with Crippen LogP contribution in [0.25, 0.3) is 45.3 Å². The summed E-state index contributed by atoms with van der Waals surface area (Å²) in [7, 11) is 0. The van der Waals surface area contributed by atoms with E-state index in [0.717, 1.165) is 28.7 Å². The Labute approximate surface area is 324 Å². The third-order valence-corrected chi connectivity index (χ3v) is 12.4. The van der Waals surface area contributed by atoms with E-state index in [4.69, 9.17) is 15.0 Å². The first kappa shape index (κ1) is 33.4. The van der Waals surface area contributed by atoms with Gasteiger partial charge in [-0.3, -0.25) is 0 Å². The number of hydrogen-bond donors (Lipinski definition) is 0. The molecule has 5 atom stereocenters. The van der Waals surface area contributed by atoms with Crippen LogP contribution in [-0.4, -0.2) is 15.0 Å². The van der Waals surface area contributed by atoms with Gasteiger partial charge in [0.2, 0.25) is 0 Å². The molecule has 1 aromatic heterocycles. The molecule has 0 saturated heterocycles. The van der Waals surface area contributed by atoms with Crippen molar-refractivity contribution in [1.82, 2.24) is 15.0 Å². The van der Waals surface area contributed by atoms with Crippen LogP contribution in [0.2, 0.25) is 0 Å². The fourth-order valence-electron chi connectivity index (χ4n) is 9.54. The normalized spacial score (nSPS) is 22.8. The second-order valence-electron chi connectivity index (χ2n) is 15.9. The number of rotatable bonds is 6. The number of hydrogen-bond acceptors (Lipinski definition) is 3. The molecular formula is C52H43N3. The topological polar surface area (TPSA) is 38.7 Å². The highest BCUT2D eigenvalue weighted by Gasteiger charge is 2.50. The van der Waals surface area contributed by atoms with Crippen LogP contribution in [0, 0.1) is 11.8 Å². The van der Waals surface area contributed by atoms with Crippen molar-refractivity contribution in [2.75, 3.05) is 0 Å². The molecule has 0 bridgehead atoms. The van der Waals surface area contributed by atoms with E-state index in [9.17, 15) is 0 Å². The Hall–Kier alpha value is -6.19. The van der Waals surface area contributed by atoms with E-state index in [1.165, 1.54) is 27.8 Å². The van der Waals surface area contributed by atoms with Crippen molar-refractivity contribution < 1.29 is 0 Å². The molecule has 0 amide bonds. The van der Waals surface area contributed by atoms with Crippen LogP contribution >= 0.6 is 0 Å². The molecule has 1 heterocycles. The standard InChI is InChI=1S/C52H43N3/c1-52(2)45-32-40(39-22-14-23-42(31-39)51-54-49(37-17-8-4-9-18-37)53-50(55-51)38-19-10-5-11-20-38)29-30-44(45)48-46(52)33-41-21-12-13-24-43(41)47(48)36-27-25-35(26-28-36)34-15-6-3-7-16-34/h3-15,17-34,41,43,47-48H,16H2,1-2H3. The fraction of sp³-hybridized carbons (Fsp3) is 0.173. The summed E-state index contributed by atoms with van der Waals surface area (Å²) in [5.41, 5.74) is 12.4. The summed E-state index contributed by atoms with van der Waals surface area (Å²) < 4.78 is 0. The third-order valence-electron chi connectivity index (χ3n) is 12.4. The molecule has 3 heteroatoms. The van der Waals surface area contributed by atoms with Crippen molar-refractivity contribution in [3.8, 4) is 45.3 Å². The number of fused-ring (bicyclic) bond motifs is 4. The summed E-state index contributed by atoms with van der Waals surface area (Å²) in [4.78, 5) is 15.0. The van der Waals surface area contributed by atoms with Crippen LogP contribution in [0.1, 0.15) is 60.3 Å². The highest BCUT2D eigenvalue weighted by atomic mass is 15.0. The molecule has 55 heavy (non-hydrogen) atoms. The van der Waals surface area contributed by atoms with Crippen molar-refractivity contribution in [3.63, 3.8) is 0 Å². The predicted octanol–water partition coefficient (Wildman–Crippen LogP) is 12.6. The minimum atomic E-state index is -0.103. The molecule has 266 valence electrons. The van der Waals surface area contributed by atoms with Crippen LogP contribution in [0.4, 0.5) is 0 Å². The minimum Gasteiger partial charge on any atom is -0.208 e. The molecule has 4 aliphatic rings. The molecule has 5 unspecified atom stereocenters. The molecule has 0 saturated carbocycles. The number of benzene rings is 5. The monoisotopic (exact) mass is 709 g/mol. The first-order valence-corrected chi connectivity index (χ1v) is 19.6. The molecule has 0 N–H and O–H groups in total. The highest BCUT2D eigenvalue weighted by Crippen LogP contribution is 2.62. The van der Waals surface area contributed by atoms with Gasteiger partial charge in [-0.25, -0.2) is 15.0 Å². The lowest BCUT2D eigenvalue weighted by Gasteiger charge is -2.42. The average molecular weight is 710 g/mol. The maximum atomic E-state index is 5.02. The quantitative estimate of drug-likeness (QED) is 0.162. The van der Waals surface area contributed by atoms with Crippen molar-refractivity contribution in [2.45, 2.75) is 43.4 Å². The number of aromatic nitrogens is 3. The molecule has 5 aromatic carbocycles. The lowest BCUT2D eigenvalue weighted by atomic mass is 9.61. The number of nitrogens with zero attached hydrogens (tertiary/aromatic N) is 3. The van der Waals surface area contributed by atoms with Gasteiger partial charge in [-0.1, -0.05) is 189 Å². The van der Waals surface area contributed by atoms with Crippen molar-refractivity contribution >= 4 is 0 Å². The summed E-state index contributed by atoms with van der Waals surface area (Å²) in [6.45, 7) is 4.87. The molecule has 3 nitrogen and oxygen atoms in total. The number of allylic oxidation sites excluding steroid dienone is 10. The molecule has 0 fully saturated rings. The lowest BCUT2D eigenvalue weighted by Crippen LogP contribution is -2.32. The van der Waals surface area contributed by atoms with E-state index in [2.05, 4.69) is 160 Å². The maximum Gasteiger partial charge on any atom is 0.164 e. The van der Waals surface area contributed by atoms with Gasteiger partial charge < -0.3 is 0 Å². The Morgan fingerprint density at radius 2 is 1.13 bits per heavy atom. The van der Waals surface area contributed by atoms with Gasteiger partial charge in [-0.05, 0) is 57.9 Å². The largest absolute Gasteiger partial charge is 0.208 e. The Balaban J connectivity index is 1.04. The molecule has 0 spiro atoms. The van der Waals surface area contributed by atoms with Gasteiger partial charge in [-0.15, -0.1) is 0 Å². The summed E-state index contributed by atoms with van der Waals surface area (Å²) in [5, 5.41) is 0. The van der Waals surface area contributed by atoms with Gasteiger partial charge in [0.15, 0.2) is 17.5 Å². The van der Waals surface area contributed by atoms with E-state index < -0.39 is 0 Å². The van der Waals surface area contributed by atoms with E-state index in [0.29, 0.717) is 47.1 Å². The lowest BCUT2D eigenvalue weighted by molar-refractivity contribution is 0.370.